The predicted octanol–water partition coefficient (Wildman–Crippen LogP) is -0.299. The lowest BCUT2D eigenvalue weighted by Crippen LogP contribution is -2.40. The molecule has 2 aliphatic carbocycles. The van der Waals surface area contributed by atoms with Gasteiger partial charge in [-0.05, 0) is 12.8 Å². The van der Waals surface area contributed by atoms with Gasteiger partial charge in [0, 0.05) is 39.9 Å². The third kappa shape index (κ3) is 7.37. The summed E-state index contributed by atoms with van der Waals surface area (Å²) in [5, 5.41) is 15.2. The van der Waals surface area contributed by atoms with Gasteiger partial charge in [-0.25, -0.2) is 10.1 Å². The Hall–Kier alpha value is -0.570. The van der Waals surface area contributed by atoms with Crippen LogP contribution in [0.3, 0.4) is 0 Å². The number of methoxy groups -OCH3 is 1. The van der Waals surface area contributed by atoms with E-state index in [2.05, 4.69) is 4.89 Å². The Morgan fingerprint density at radius 3 is 1.53 bits per heavy atom. The van der Waals surface area contributed by atoms with Crippen molar-refractivity contribution in [2.45, 2.75) is 44.3 Å². The molecule has 0 amide bonds. The molecule has 2 rings (SSSR count). The number of ketones is 1. The van der Waals surface area contributed by atoms with Crippen LogP contribution < -0.4 is 0 Å². The first-order chi connectivity index (χ1) is 7.22. The molecule has 0 saturated heterocycles. The first-order valence-electron chi connectivity index (χ1n) is 5.06. The van der Waals surface area contributed by atoms with Crippen molar-refractivity contribution in [1.29, 1.82) is 0 Å². The molecule has 2 fully saturated rings. The van der Waals surface area contributed by atoms with E-state index in [9.17, 15) is 4.79 Å². The molecule has 6 N–H and O–H groups in total. The van der Waals surface area contributed by atoms with Gasteiger partial charge in [0.15, 0.2) is 0 Å². The van der Waals surface area contributed by atoms with Crippen LogP contribution in [0, 0.1) is 0 Å². The summed E-state index contributed by atoms with van der Waals surface area (Å²) < 4.78 is 4.85. The third-order valence-corrected chi connectivity index (χ3v) is 2.56. The minimum atomic E-state index is -0.639. The van der Waals surface area contributed by atoms with Crippen LogP contribution in [0.5, 0.6) is 0 Å². The van der Waals surface area contributed by atoms with Gasteiger partial charge in [-0.15, -0.1) is 0 Å². The summed E-state index contributed by atoms with van der Waals surface area (Å²) >= 11 is 0. The fraction of sp³-hybridized carbons (Fsp3) is 0.900. The van der Waals surface area contributed by atoms with E-state index >= 15 is 0 Å². The standard InChI is InChI=1S/C5H10O3.C4H6O.CH4O.2H2O/c1-7-5(8-6)3-2-4-5;5-4-2-1-3-4;1-2;;/h6H,2-4H2,1H3;1-3H2;2H,1H3;2*1H2. The van der Waals surface area contributed by atoms with Crippen LogP contribution in [0.4, 0.5) is 0 Å². The number of carbonyl (C=O) groups excluding carboxylic acids is 1. The zero-order valence-electron chi connectivity index (χ0n) is 10.4. The van der Waals surface area contributed by atoms with Crippen LogP contribution in [-0.2, 0) is 14.4 Å². The maximum absolute atomic E-state index is 9.90. The van der Waals surface area contributed by atoms with Gasteiger partial charge in [0.1, 0.15) is 5.78 Å². The molecule has 0 aromatic rings. The van der Waals surface area contributed by atoms with Gasteiger partial charge in [-0.2, -0.15) is 0 Å². The lowest BCUT2D eigenvalue weighted by molar-refractivity contribution is -0.421. The average Bonchev–Trinajstić information content (AvgIpc) is 2.19. The molecule has 0 bridgehead atoms. The highest BCUT2D eigenvalue weighted by atomic mass is 17.1. The molecule has 7 nitrogen and oxygen atoms in total. The first-order valence-corrected chi connectivity index (χ1v) is 5.06. The SMILES string of the molecule is CO.COC1(OO)CCC1.O.O.O=C1CCC1. The molecule has 0 aromatic carbocycles. The van der Waals surface area contributed by atoms with Crippen LogP contribution >= 0.6 is 0 Å². The molecule has 106 valence electrons. The Kier molecular flexibility index (Phi) is 15.2. The number of hydrogen-bond donors (Lipinski definition) is 2. The largest absolute Gasteiger partial charge is 0.412 e. The van der Waals surface area contributed by atoms with Crippen molar-refractivity contribution in [3.05, 3.63) is 0 Å². The number of aliphatic hydroxyl groups is 1. The summed E-state index contributed by atoms with van der Waals surface area (Å²) in [5.41, 5.74) is 0. The highest BCUT2D eigenvalue weighted by molar-refractivity contribution is 5.83. The number of aliphatic hydroxyl groups excluding tert-OH is 1. The summed E-state index contributed by atoms with van der Waals surface area (Å²) in [5.74, 6) is -0.204. The third-order valence-electron chi connectivity index (χ3n) is 2.56. The van der Waals surface area contributed by atoms with E-state index in [1.54, 1.807) is 0 Å². The molecule has 0 spiro atoms. The van der Waals surface area contributed by atoms with E-state index < -0.39 is 5.79 Å². The molecule has 2 aliphatic rings. The minimum Gasteiger partial charge on any atom is -0.412 e. The van der Waals surface area contributed by atoms with Gasteiger partial charge in [0.2, 0.25) is 5.79 Å². The summed E-state index contributed by atoms with van der Waals surface area (Å²) in [6.07, 6.45) is 5.52. The number of ether oxygens (including phenoxy) is 1. The summed E-state index contributed by atoms with van der Waals surface area (Å²) in [6, 6.07) is 0. The van der Waals surface area contributed by atoms with Crippen molar-refractivity contribution < 1.29 is 35.7 Å². The fourth-order valence-corrected chi connectivity index (χ4v) is 1.12. The summed E-state index contributed by atoms with van der Waals surface area (Å²) in [6.45, 7) is 0. The maximum Gasteiger partial charge on any atom is 0.201 e. The molecule has 0 aliphatic heterocycles. The Bertz CT molecular complexity index is 160. The van der Waals surface area contributed by atoms with E-state index in [1.807, 2.05) is 0 Å². The Morgan fingerprint density at radius 2 is 1.53 bits per heavy atom. The van der Waals surface area contributed by atoms with Crippen LogP contribution in [0.25, 0.3) is 0 Å². The first kappa shape index (κ1) is 21.7. The van der Waals surface area contributed by atoms with Crippen LogP contribution in [0.15, 0.2) is 0 Å². The number of hydrogen-bond acceptors (Lipinski definition) is 5. The number of rotatable bonds is 2. The topological polar surface area (TPSA) is 139 Å². The van der Waals surface area contributed by atoms with Gasteiger partial charge in [-0.3, -0.25) is 4.79 Å². The van der Waals surface area contributed by atoms with Gasteiger partial charge < -0.3 is 20.8 Å². The van der Waals surface area contributed by atoms with Crippen molar-refractivity contribution in [2.75, 3.05) is 14.2 Å². The number of carbonyl (C=O) groups is 1. The van der Waals surface area contributed by atoms with Gasteiger partial charge >= 0.3 is 0 Å². The monoisotopic (exact) mass is 256 g/mol. The zero-order valence-corrected chi connectivity index (χ0v) is 10.4. The molecular weight excluding hydrogens is 232 g/mol. The average molecular weight is 256 g/mol. The lowest BCUT2D eigenvalue weighted by atomic mass is 9.92. The van der Waals surface area contributed by atoms with Crippen molar-refractivity contribution in [3.8, 4) is 0 Å². The summed E-state index contributed by atoms with van der Waals surface area (Å²) in [7, 11) is 2.54. The molecule has 7 heteroatoms. The quantitative estimate of drug-likeness (QED) is 0.396. The normalized spacial score (nSPS) is 18.5. The van der Waals surface area contributed by atoms with Crippen LogP contribution in [0.1, 0.15) is 38.5 Å². The molecule has 0 aromatic heterocycles. The number of Topliss-reactive ketones (excluding diaryl/α,β-unsaturated/α-hetero) is 1. The van der Waals surface area contributed by atoms with Crippen molar-refractivity contribution in [3.63, 3.8) is 0 Å². The van der Waals surface area contributed by atoms with Gasteiger partial charge in [0.05, 0.1) is 0 Å². The van der Waals surface area contributed by atoms with E-state index in [0.29, 0.717) is 5.78 Å². The smallest absolute Gasteiger partial charge is 0.201 e. The van der Waals surface area contributed by atoms with Crippen molar-refractivity contribution in [2.24, 2.45) is 0 Å². The van der Waals surface area contributed by atoms with Gasteiger partial charge in [-0.1, -0.05) is 0 Å². The highest BCUT2D eigenvalue weighted by Crippen LogP contribution is 2.34. The molecule has 17 heavy (non-hydrogen) atoms. The highest BCUT2D eigenvalue weighted by Gasteiger charge is 2.38. The van der Waals surface area contributed by atoms with E-state index in [-0.39, 0.29) is 11.0 Å². The maximum atomic E-state index is 9.90. The van der Waals surface area contributed by atoms with E-state index in [0.717, 1.165) is 45.6 Å². The van der Waals surface area contributed by atoms with Crippen molar-refractivity contribution in [1.82, 2.24) is 0 Å². The molecule has 0 unspecified atom stereocenters. The Labute approximate surface area is 101 Å². The molecule has 0 heterocycles. The van der Waals surface area contributed by atoms with Crippen LogP contribution in [-0.4, -0.2) is 47.1 Å². The van der Waals surface area contributed by atoms with Crippen LogP contribution in [0.2, 0.25) is 0 Å². The molecule has 0 radical (unpaired) electrons. The zero-order chi connectivity index (χ0) is 11.7. The molecular formula is C10H24O7. The Balaban J connectivity index is -0.000000192. The minimum absolute atomic E-state index is 0. The second-order valence-electron chi connectivity index (χ2n) is 3.45. The Morgan fingerprint density at radius 1 is 1.12 bits per heavy atom. The van der Waals surface area contributed by atoms with E-state index in [1.165, 1.54) is 7.11 Å². The molecule has 2 saturated carbocycles. The van der Waals surface area contributed by atoms with Gasteiger partial charge in [0.25, 0.3) is 0 Å². The predicted molar refractivity (Wildman–Crippen MR) is 61.5 cm³/mol. The summed E-state index contributed by atoms with van der Waals surface area (Å²) in [4.78, 5) is 14.0. The molecule has 0 atom stereocenters. The van der Waals surface area contributed by atoms with E-state index in [4.69, 9.17) is 15.1 Å². The lowest BCUT2D eigenvalue weighted by Gasteiger charge is -2.36. The fourth-order valence-electron chi connectivity index (χ4n) is 1.12. The second kappa shape index (κ2) is 11.9. The van der Waals surface area contributed by atoms with Crippen molar-refractivity contribution >= 4 is 5.78 Å². The second-order valence-corrected chi connectivity index (χ2v) is 3.45.